The van der Waals surface area contributed by atoms with Gasteiger partial charge < -0.3 is 10.2 Å². The zero-order valence-corrected chi connectivity index (χ0v) is 9.56. The zero-order chi connectivity index (χ0) is 12.1. The fourth-order valence-electron chi connectivity index (χ4n) is 1.84. The van der Waals surface area contributed by atoms with E-state index in [1.54, 1.807) is 29.4 Å². The van der Waals surface area contributed by atoms with Gasteiger partial charge in [0.2, 0.25) is 5.91 Å². The Balaban J connectivity index is 1.82. The highest BCUT2D eigenvalue weighted by Crippen LogP contribution is 2.06. The molecule has 0 radical (unpaired) electrons. The first-order valence-corrected chi connectivity index (χ1v) is 5.73. The molecule has 0 aromatic carbocycles. The number of hydrogen-bond donors (Lipinski definition) is 1. The van der Waals surface area contributed by atoms with Gasteiger partial charge in [0.15, 0.2) is 0 Å². The van der Waals surface area contributed by atoms with E-state index in [4.69, 9.17) is 0 Å². The summed E-state index contributed by atoms with van der Waals surface area (Å²) in [6, 6.07) is 3.24. The molecule has 2 rings (SSSR count). The van der Waals surface area contributed by atoms with Crippen LogP contribution in [0.5, 0.6) is 0 Å². The van der Waals surface area contributed by atoms with Crippen molar-refractivity contribution in [2.24, 2.45) is 0 Å². The van der Waals surface area contributed by atoms with Crippen LogP contribution in [0.15, 0.2) is 24.5 Å². The molecular weight excluding hydrogens is 218 g/mol. The molecule has 1 aromatic rings. The highest BCUT2D eigenvalue weighted by molar-refractivity contribution is 5.96. The molecule has 1 aliphatic heterocycles. The van der Waals surface area contributed by atoms with Crippen LogP contribution in [0.2, 0.25) is 0 Å². The van der Waals surface area contributed by atoms with Crippen LogP contribution in [-0.2, 0) is 4.79 Å². The molecule has 0 bridgehead atoms. The highest BCUT2D eigenvalue weighted by atomic mass is 16.2. The van der Waals surface area contributed by atoms with Gasteiger partial charge in [-0.1, -0.05) is 0 Å². The van der Waals surface area contributed by atoms with E-state index in [9.17, 15) is 9.59 Å². The molecule has 2 amide bonds. The Morgan fingerprint density at radius 3 is 2.53 bits per heavy atom. The topological polar surface area (TPSA) is 62.3 Å². The summed E-state index contributed by atoms with van der Waals surface area (Å²) in [5, 5.41) is 2.62. The molecule has 0 atom stereocenters. The third-order valence-corrected chi connectivity index (χ3v) is 2.80. The summed E-state index contributed by atoms with van der Waals surface area (Å²) in [5.41, 5.74) is 0.522. The number of carbonyl (C=O) groups excluding carboxylic acids is 2. The maximum absolute atomic E-state index is 11.7. The number of nitrogens with one attached hydrogen (secondary N) is 1. The third kappa shape index (κ3) is 3.03. The van der Waals surface area contributed by atoms with E-state index in [1.165, 1.54) is 0 Å². The Hall–Kier alpha value is -1.91. The molecule has 1 aliphatic rings. The van der Waals surface area contributed by atoms with Crippen molar-refractivity contribution < 1.29 is 9.59 Å². The number of aromatic nitrogens is 1. The maximum Gasteiger partial charge on any atom is 0.251 e. The molecule has 1 aromatic heterocycles. The predicted molar refractivity (Wildman–Crippen MR) is 62.4 cm³/mol. The lowest BCUT2D eigenvalue weighted by molar-refractivity contribution is -0.129. The van der Waals surface area contributed by atoms with Crippen molar-refractivity contribution in [2.75, 3.05) is 19.6 Å². The molecule has 0 aliphatic carbocycles. The minimum absolute atomic E-state index is 0.00935. The Labute approximate surface area is 99.8 Å². The van der Waals surface area contributed by atoms with Crippen molar-refractivity contribution in [3.8, 4) is 0 Å². The average Bonchev–Trinajstić information content (AvgIpc) is 2.90. The van der Waals surface area contributed by atoms with Gasteiger partial charge in [0.1, 0.15) is 0 Å². The van der Waals surface area contributed by atoms with Gasteiger partial charge in [0.05, 0.1) is 6.54 Å². The Morgan fingerprint density at radius 2 is 1.88 bits per heavy atom. The average molecular weight is 233 g/mol. The maximum atomic E-state index is 11.7. The van der Waals surface area contributed by atoms with Crippen molar-refractivity contribution in [1.29, 1.82) is 0 Å². The van der Waals surface area contributed by atoms with Crippen LogP contribution >= 0.6 is 0 Å². The summed E-state index contributed by atoms with van der Waals surface area (Å²) in [7, 11) is 0. The fourth-order valence-corrected chi connectivity index (χ4v) is 1.84. The van der Waals surface area contributed by atoms with E-state index >= 15 is 0 Å². The molecule has 90 valence electrons. The Kier molecular flexibility index (Phi) is 3.69. The van der Waals surface area contributed by atoms with E-state index in [2.05, 4.69) is 10.3 Å². The van der Waals surface area contributed by atoms with Gasteiger partial charge in [-0.2, -0.15) is 0 Å². The number of amides is 2. The smallest absolute Gasteiger partial charge is 0.251 e. The summed E-state index contributed by atoms with van der Waals surface area (Å²) in [5.74, 6) is -0.246. The monoisotopic (exact) mass is 233 g/mol. The van der Waals surface area contributed by atoms with Crippen LogP contribution in [-0.4, -0.2) is 41.3 Å². The van der Waals surface area contributed by atoms with Gasteiger partial charge in [0.25, 0.3) is 5.91 Å². The Bertz CT molecular complexity index is 399. The number of likely N-dealkylation sites (tertiary alicyclic amines) is 1. The molecule has 2 heterocycles. The van der Waals surface area contributed by atoms with Crippen LogP contribution < -0.4 is 5.32 Å². The first-order chi connectivity index (χ1) is 8.27. The lowest BCUT2D eigenvalue weighted by atomic mass is 10.2. The number of pyridine rings is 1. The van der Waals surface area contributed by atoms with Gasteiger partial charge in [-0.05, 0) is 25.0 Å². The van der Waals surface area contributed by atoms with E-state index < -0.39 is 0 Å². The molecule has 0 saturated carbocycles. The zero-order valence-electron chi connectivity index (χ0n) is 9.56. The minimum Gasteiger partial charge on any atom is -0.343 e. The Morgan fingerprint density at radius 1 is 1.24 bits per heavy atom. The highest BCUT2D eigenvalue weighted by Gasteiger charge is 2.18. The normalized spacial score (nSPS) is 14.7. The summed E-state index contributed by atoms with van der Waals surface area (Å²) in [6.45, 7) is 1.69. The van der Waals surface area contributed by atoms with Gasteiger partial charge in [-0.3, -0.25) is 14.6 Å². The standard InChI is InChI=1S/C12H15N3O2/c16-11(15-7-1-2-8-15)9-14-12(17)10-3-5-13-6-4-10/h3-6H,1-2,7-9H2,(H,14,17). The predicted octanol–water partition coefficient (Wildman–Crippen LogP) is 0.434. The molecule has 0 spiro atoms. The molecule has 5 heteroatoms. The summed E-state index contributed by atoms with van der Waals surface area (Å²) in [6.07, 6.45) is 5.22. The van der Waals surface area contributed by atoms with E-state index in [0.717, 1.165) is 25.9 Å². The van der Waals surface area contributed by atoms with Crippen LogP contribution in [0.25, 0.3) is 0 Å². The van der Waals surface area contributed by atoms with E-state index in [1.807, 2.05) is 0 Å². The van der Waals surface area contributed by atoms with Crippen LogP contribution in [0.4, 0.5) is 0 Å². The first kappa shape index (κ1) is 11.6. The van der Waals surface area contributed by atoms with E-state index in [0.29, 0.717) is 5.56 Å². The van der Waals surface area contributed by atoms with Crippen LogP contribution in [0.1, 0.15) is 23.2 Å². The second-order valence-electron chi connectivity index (χ2n) is 4.01. The first-order valence-electron chi connectivity index (χ1n) is 5.73. The molecule has 1 N–H and O–H groups in total. The quantitative estimate of drug-likeness (QED) is 0.823. The van der Waals surface area contributed by atoms with Crippen LogP contribution in [0.3, 0.4) is 0 Å². The SMILES string of the molecule is O=C(NCC(=O)N1CCCC1)c1ccncc1. The molecule has 1 fully saturated rings. The van der Waals surface area contributed by atoms with Crippen molar-refractivity contribution in [2.45, 2.75) is 12.8 Å². The second kappa shape index (κ2) is 5.43. The summed E-state index contributed by atoms with van der Waals surface area (Å²) < 4.78 is 0. The fraction of sp³-hybridized carbons (Fsp3) is 0.417. The number of hydrogen-bond acceptors (Lipinski definition) is 3. The minimum atomic E-state index is -0.236. The van der Waals surface area contributed by atoms with Crippen molar-refractivity contribution in [1.82, 2.24) is 15.2 Å². The van der Waals surface area contributed by atoms with Crippen molar-refractivity contribution in [3.63, 3.8) is 0 Å². The number of rotatable bonds is 3. The van der Waals surface area contributed by atoms with Gasteiger partial charge in [-0.15, -0.1) is 0 Å². The van der Waals surface area contributed by atoms with E-state index in [-0.39, 0.29) is 18.4 Å². The molecule has 0 unspecified atom stereocenters. The van der Waals surface area contributed by atoms with Crippen molar-refractivity contribution >= 4 is 11.8 Å². The summed E-state index contributed by atoms with van der Waals surface area (Å²) >= 11 is 0. The van der Waals surface area contributed by atoms with Crippen molar-refractivity contribution in [3.05, 3.63) is 30.1 Å². The van der Waals surface area contributed by atoms with Gasteiger partial charge in [-0.25, -0.2) is 0 Å². The molecule has 5 nitrogen and oxygen atoms in total. The summed E-state index contributed by atoms with van der Waals surface area (Å²) in [4.78, 5) is 28.9. The number of carbonyl (C=O) groups is 2. The largest absolute Gasteiger partial charge is 0.343 e. The van der Waals surface area contributed by atoms with Crippen LogP contribution in [0, 0.1) is 0 Å². The van der Waals surface area contributed by atoms with Gasteiger partial charge in [0, 0.05) is 31.0 Å². The third-order valence-electron chi connectivity index (χ3n) is 2.80. The molecule has 1 saturated heterocycles. The second-order valence-corrected chi connectivity index (χ2v) is 4.01. The molecule has 17 heavy (non-hydrogen) atoms. The lowest BCUT2D eigenvalue weighted by Crippen LogP contribution is -2.38. The lowest BCUT2D eigenvalue weighted by Gasteiger charge is -2.15. The molecular formula is C12H15N3O2. The van der Waals surface area contributed by atoms with Gasteiger partial charge >= 0.3 is 0 Å². The number of nitrogens with zero attached hydrogens (tertiary/aromatic N) is 2.